The van der Waals surface area contributed by atoms with E-state index in [0.29, 0.717) is 25.9 Å². The van der Waals surface area contributed by atoms with Gasteiger partial charge in [0.15, 0.2) is 0 Å². The first-order valence-electron chi connectivity index (χ1n) is 7.53. The third-order valence-electron chi connectivity index (χ3n) is 3.57. The minimum Gasteiger partial charge on any atom is -0.462 e. The molecule has 5 nitrogen and oxygen atoms in total. The fourth-order valence-corrected chi connectivity index (χ4v) is 2.75. The summed E-state index contributed by atoms with van der Waals surface area (Å²) < 4.78 is 16.5. The molecule has 0 spiro atoms. The van der Waals surface area contributed by atoms with Gasteiger partial charge in [0.2, 0.25) is 0 Å². The second-order valence-corrected chi connectivity index (χ2v) is 5.59. The molecular weight excluding hydrogens is 284 g/mol. The zero-order valence-electron chi connectivity index (χ0n) is 13.0. The number of rotatable bonds is 5. The van der Waals surface area contributed by atoms with Crippen LogP contribution in [0.4, 0.5) is 0 Å². The van der Waals surface area contributed by atoms with Crippen molar-refractivity contribution in [1.82, 2.24) is 0 Å². The lowest BCUT2D eigenvalue weighted by molar-refractivity contribution is -0.162. The Balaban J connectivity index is 1.92. The molecule has 1 aromatic rings. The zero-order chi connectivity index (χ0) is 15.9. The summed E-state index contributed by atoms with van der Waals surface area (Å²) >= 11 is 0. The van der Waals surface area contributed by atoms with E-state index in [9.17, 15) is 9.59 Å². The van der Waals surface area contributed by atoms with E-state index >= 15 is 0 Å². The first kappa shape index (κ1) is 16.5. The number of hydrogen-bond donors (Lipinski definition) is 0. The van der Waals surface area contributed by atoms with Crippen LogP contribution in [0, 0.1) is 0 Å². The highest BCUT2D eigenvalue weighted by molar-refractivity contribution is 5.66. The first-order valence-corrected chi connectivity index (χ1v) is 7.53. The van der Waals surface area contributed by atoms with Gasteiger partial charge in [-0.05, 0) is 5.56 Å². The molecule has 0 amide bonds. The molecule has 120 valence electrons. The Morgan fingerprint density at radius 2 is 1.41 bits per heavy atom. The van der Waals surface area contributed by atoms with Gasteiger partial charge in [-0.25, -0.2) is 0 Å². The Hall–Kier alpha value is -1.88. The van der Waals surface area contributed by atoms with Crippen molar-refractivity contribution >= 4 is 11.9 Å². The molecule has 0 unspecified atom stereocenters. The average Bonchev–Trinajstić information content (AvgIpc) is 2.44. The third-order valence-corrected chi connectivity index (χ3v) is 3.57. The fraction of sp³-hybridized carbons (Fsp3) is 0.529. The van der Waals surface area contributed by atoms with E-state index in [-0.39, 0.29) is 30.3 Å². The van der Waals surface area contributed by atoms with Crippen molar-refractivity contribution in [3.8, 4) is 0 Å². The van der Waals surface area contributed by atoms with E-state index in [2.05, 4.69) is 0 Å². The summed E-state index contributed by atoms with van der Waals surface area (Å²) in [6, 6.07) is 9.87. The lowest BCUT2D eigenvalue weighted by atomic mass is 9.92. The quantitative estimate of drug-likeness (QED) is 0.783. The zero-order valence-corrected chi connectivity index (χ0v) is 13.0. The van der Waals surface area contributed by atoms with E-state index < -0.39 is 0 Å². The highest BCUT2D eigenvalue weighted by Crippen LogP contribution is 2.27. The third kappa shape index (κ3) is 5.48. The van der Waals surface area contributed by atoms with Crippen molar-refractivity contribution in [3.05, 3.63) is 35.9 Å². The number of esters is 2. The number of carbonyl (C=O) groups is 2. The van der Waals surface area contributed by atoms with Gasteiger partial charge >= 0.3 is 11.9 Å². The van der Waals surface area contributed by atoms with Gasteiger partial charge in [0.25, 0.3) is 0 Å². The molecule has 0 bridgehead atoms. The van der Waals surface area contributed by atoms with Crippen LogP contribution in [0.3, 0.4) is 0 Å². The van der Waals surface area contributed by atoms with Crippen LogP contribution < -0.4 is 0 Å². The molecule has 1 saturated carbocycles. The van der Waals surface area contributed by atoms with Crippen molar-refractivity contribution in [3.63, 3.8) is 0 Å². The fourth-order valence-electron chi connectivity index (χ4n) is 2.75. The summed E-state index contributed by atoms with van der Waals surface area (Å²) in [6.45, 7) is 3.26. The largest absolute Gasteiger partial charge is 0.462 e. The maximum absolute atomic E-state index is 11.2. The van der Waals surface area contributed by atoms with Gasteiger partial charge in [-0.3, -0.25) is 9.59 Å². The van der Waals surface area contributed by atoms with Crippen LogP contribution in [0.15, 0.2) is 30.3 Å². The minimum absolute atomic E-state index is 0.0948. The molecule has 0 heterocycles. The average molecular weight is 306 g/mol. The summed E-state index contributed by atoms with van der Waals surface area (Å²) in [6.07, 6.45) is 1.16. The van der Waals surface area contributed by atoms with Crippen molar-refractivity contribution in [2.45, 2.75) is 58.0 Å². The lowest BCUT2D eigenvalue weighted by Gasteiger charge is -2.33. The maximum atomic E-state index is 11.2. The predicted molar refractivity (Wildman–Crippen MR) is 80.0 cm³/mol. The number of carbonyl (C=O) groups excluding carboxylic acids is 2. The van der Waals surface area contributed by atoms with Crippen molar-refractivity contribution in [2.75, 3.05) is 0 Å². The summed E-state index contributed by atoms with van der Waals surface area (Å²) in [5, 5.41) is 0. The number of benzene rings is 1. The Morgan fingerprint density at radius 1 is 0.909 bits per heavy atom. The molecule has 1 aliphatic carbocycles. The molecule has 22 heavy (non-hydrogen) atoms. The Morgan fingerprint density at radius 3 is 1.91 bits per heavy atom. The number of ether oxygens (including phenoxy) is 3. The molecule has 2 rings (SSSR count). The predicted octanol–water partition coefficient (Wildman–Crippen LogP) is 2.62. The van der Waals surface area contributed by atoms with Crippen LogP contribution in [0.5, 0.6) is 0 Å². The highest BCUT2D eigenvalue weighted by atomic mass is 16.6. The summed E-state index contributed by atoms with van der Waals surface area (Å²) in [5.74, 6) is -0.648. The van der Waals surface area contributed by atoms with E-state index in [1.807, 2.05) is 30.3 Å². The van der Waals surface area contributed by atoms with Crippen molar-refractivity contribution in [2.24, 2.45) is 0 Å². The lowest BCUT2D eigenvalue weighted by Crippen LogP contribution is -2.38. The van der Waals surface area contributed by atoms with Gasteiger partial charge in [-0.1, -0.05) is 30.3 Å². The Kier molecular flexibility index (Phi) is 5.95. The van der Waals surface area contributed by atoms with E-state index in [1.54, 1.807) is 0 Å². The van der Waals surface area contributed by atoms with Crippen LogP contribution in [0.1, 0.15) is 38.7 Å². The monoisotopic (exact) mass is 306 g/mol. The smallest absolute Gasteiger partial charge is 0.302 e. The molecule has 1 aliphatic rings. The molecule has 5 heteroatoms. The molecule has 2 atom stereocenters. The van der Waals surface area contributed by atoms with E-state index in [0.717, 1.165) is 5.56 Å². The van der Waals surface area contributed by atoms with Gasteiger partial charge in [0.05, 0.1) is 12.7 Å². The van der Waals surface area contributed by atoms with Crippen LogP contribution in [-0.2, 0) is 30.4 Å². The maximum Gasteiger partial charge on any atom is 0.302 e. The van der Waals surface area contributed by atoms with Gasteiger partial charge < -0.3 is 14.2 Å². The second-order valence-electron chi connectivity index (χ2n) is 5.59. The van der Waals surface area contributed by atoms with Crippen LogP contribution in [-0.4, -0.2) is 30.3 Å². The highest BCUT2D eigenvalue weighted by Gasteiger charge is 2.33. The molecule has 1 aromatic carbocycles. The van der Waals surface area contributed by atoms with Gasteiger partial charge in [-0.2, -0.15) is 0 Å². The van der Waals surface area contributed by atoms with E-state index in [1.165, 1.54) is 13.8 Å². The van der Waals surface area contributed by atoms with Crippen LogP contribution in [0.25, 0.3) is 0 Å². The van der Waals surface area contributed by atoms with Crippen molar-refractivity contribution < 1.29 is 23.8 Å². The van der Waals surface area contributed by atoms with Crippen LogP contribution in [0.2, 0.25) is 0 Å². The van der Waals surface area contributed by atoms with E-state index in [4.69, 9.17) is 14.2 Å². The molecule has 0 radical (unpaired) electrons. The molecular formula is C17H22O5. The summed E-state index contributed by atoms with van der Waals surface area (Å²) in [7, 11) is 0. The van der Waals surface area contributed by atoms with Gasteiger partial charge in [0.1, 0.15) is 12.2 Å². The minimum atomic E-state index is -0.324. The Labute approximate surface area is 130 Å². The molecule has 0 N–H and O–H groups in total. The number of hydrogen-bond acceptors (Lipinski definition) is 5. The molecule has 0 aliphatic heterocycles. The normalized spacial score (nSPS) is 24.5. The van der Waals surface area contributed by atoms with Gasteiger partial charge in [-0.15, -0.1) is 0 Å². The van der Waals surface area contributed by atoms with Crippen LogP contribution >= 0.6 is 0 Å². The summed E-state index contributed by atoms with van der Waals surface area (Å²) in [5.41, 5.74) is 1.08. The SMILES string of the molecule is CC(=O)O[C@@H]1CC(OCc2ccccc2)C[C@@H](OC(C)=O)C1. The Bertz CT molecular complexity index is 475. The second kappa shape index (κ2) is 7.94. The molecule has 1 fully saturated rings. The molecule has 0 saturated heterocycles. The standard InChI is InChI=1S/C17H22O5/c1-12(18)21-16-8-15(9-17(10-16)22-13(2)19)20-11-14-6-4-3-5-7-14/h3-7,15-17H,8-11H2,1-2H3/t16-,17-/m1/s1. The van der Waals surface area contributed by atoms with Gasteiger partial charge in [0, 0.05) is 33.1 Å². The van der Waals surface area contributed by atoms with Crippen molar-refractivity contribution in [1.29, 1.82) is 0 Å². The summed E-state index contributed by atoms with van der Waals surface area (Å²) in [4.78, 5) is 22.3. The topological polar surface area (TPSA) is 61.8 Å². The molecule has 0 aromatic heterocycles. The first-order chi connectivity index (χ1) is 10.5.